The first-order chi connectivity index (χ1) is 27.7. The van der Waals surface area contributed by atoms with Gasteiger partial charge in [-0.05, 0) is 105 Å². The van der Waals surface area contributed by atoms with E-state index in [1.54, 1.807) is 24.4 Å². The third-order valence-corrected chi connectivity index (χ3v) is 12.3. The molecule has 0 bridgehead atoms. The van der Waals surface area contributed by atoms with E-state index in [-0.39, 0.29) is 42.4 Å². The Labute approximate surface area is 336 Å². The van der Waals surface area contributed by atoms with Crippen molar-refractivity contribution >= 4 is 51.5 Å². The molecule has 296 valence electrons. The number of hydrogen-bond acceptors (Lipinski definition) is 10. The van der Waals surface area contributed by atoms with Crippen molar-refractivity contribution in [2.45, 2.75) is 69.6 Å². The summed E-state index contributed by atoms with van der Waals surface area (Å²) in [6.07, 6.45) is 7.75. The van der Waals surface area contributed by atoms with Crippen LogP contribution < -0.4 is 30.7 Å². The summed E-state index contributed by atoms with van der Waals surface area (Å²) >= 11 is 6.16. The van der Waals surface area contributed by atoms with Crippen LogP contribution in [0.3, 0.4) is 0 Å². The molecule has 3 saturated heterocycles. The van der Waals surface area contributed by atoms with E-state index in [1.807, 2.05) is 30.3 Å². The molecule has 4 aliphatic rings. The molecule has 3 amide bonds. The quantitative estimate of drug-likeness (QED) is 0.220. The van der Waals surface area contributed by atoms with Crippen molar-refractivity contribution < 1.29 is 19.1 Å². The maximum Gasteiger partial charge on any atom is 0.275 e. The smallest absolute Gasteiger partial charge is 0.275 e. The molecule has 14 heteroatoms. The molecule has 4 heterocycles. The van der Waals surface area contributed by atoms with Crippen molar-refractivity contribution in [1.29, 1.82) is 5.26 Å². The molecule has 3 aromatic carbocycles. The molecule has 57 heavy (non-hydrogen) atoms. The number of benzene rings is 3. The van der Waals surface area contributed by atoms with Crippen LogP contribution in [0.25, 0.3) is 10.8 Å². The second-order valence-electron chi connectivity index (χ2n) is 15.7. The Morgan fingerprint density at radius 1 is 0.860 bits per heavy atom. The highest BCUT2D eigenvalue weighted by atomic mass is 35.5. The Bertz CT molecular complexity index is 2230. The molecule has 1 aliphatic carbocycles. The zero-order valence-electron chi connectivity index (χ0n) is 31.9. The standard InChI is InChI=1S/C43H47ClN8O5/c44-38-24-36(9-3-30(38)25-45)57-35-10-4-32(5-11-35)47-41(54)29-1-6-33(7-2-29)50-17-15-28(16-18-50)27-49-19-21-51(22-20-49)34-8-12-37-31(23-34)26-46-52(43(37)56)39-13-14-40(53)48-42(39)55/h1-3,6-9,12,23-24,26,28,32,35,39H,4-5,10-11,13-22,27H2,(H,47,54)(H,48,53,55)/t32?,35?,39-/m0/s1. The predicted molar refractivity (Wildman–Crippen MR) is 218 cm³/mol. The number of carbonyl (C=O) groups is 3. The summed E-state index contributed by atoms with van der Waals surface area (Å²) in [5.41, 5.74) is 2.99. The lowest BCUT2D eigenvalue weighted by atomic mass is 9.92. The first kappa shape index (κ1) is 38.4. The summed E-state index contributed by atoms with van der Waals surface area (Å²) in [6.45, 7) is 6.81. The highest BCUT2D eigenvalue weighted by Crippen LogP contribution is 2.29. The van der Waals surface area contributed by atoms with E-state index < -0.39 is 11.9 Å². The average Bonchev–Trinajstić information content (AvgIpc) is 3.23. The number of carbonyl (C=O) groups excluding carboxylic acids is 3. The summed E-state index contributed by atoms with van der Waals surface area (Å²) in [5, 5.41) is 20.6. The second kappa shape index (κ2) is 17.0. The molecule has 1 aromatic heterocycles. The van der Waals surface area contributed by atoms with Crippen LogP contribution in [0, 0.1) is 17.2 Å². The van der Waals surface area contributed by atoms with Crippen LogP contribution in [0.4, 0.5) is 11.4 Å². The fraction of sp³-hybridized carbons (Fsp3) is 0.442. The van der Waals surface area contributed by atoms with Crippen molar-refractivity contribution in [1.82, 2.24) is 25.3 Å². The maximum atomic E-state index is 13.2. The predicted octanol–water partition coefficient (Wildman–Crippen LogP) is 5.06. The number of hydrogen-bond donors (Lipinski definition) is 2. The van der Waals surface area contributed by atoms with Crippen LogP contribution in [0.1, 0.15) is 73.3 Å². The minimum atomic E-state index is -0.777. The van der Waals surface area contributed by atoms with Crippen LogP contribution in [-0.2, 0) is 9.59 Å². The van der Waals surface area contributed by atoms with Gasteiger partial charge in [-0.3, -0.25) is 29.4 Å². The third kappa shape index (κ3) is 8.77. The van der Waals surface area contributed by atoms with Gasteiger partial charge in [0, 0.05) is 86.7 Å². The van der Waals surface area contributed by atoms with Gasteiger partial charge in [-0.25, -0.2) is 4.68 Å². The van der Waals surface area contributed by atoms with Crippen molar-refractivity contribution in [3.63, 3.8) is 0 Å². The first-order valence-corrected chi connectivity index (χ1v) is 20.4. The Balaban J connectivity index is 0.756. The molecule has 13 nitrogen and oxygen atoms in total. The number of rotatable bonds is 9. The Morgan fingerprint density at radius 2 is 1.58 bits per heavy atom. The molecular formula is C43H47ClN8O5. The van der Waals surface area contributed by atoms with Crippen molar-refractivity contribution in [3.05, 3.63) is 93.4 Å². The minimum absolute atomic E-state index is 0.0439. The zero-order valence-corrected chi connectivity index (χ0v) is 32.6. The van der Waals surface area contributed by atoms with E-state index >= 15 is 0 Å². The number of piperazine rings is 1. The van der Waals surface area contributed by atoms with Crippen LogP contribution in [0.15, 0.2) is 71.7 Å². The SMILES string of the molecule is N#Cc1ccc(OC2CCC(NC(=O)c3ccc(N4CCC(CN5CCN(c6ccc7c(=O)n([C@H]8CCC(=O)NC8=O)ncc7c6)CC5)CC4)cc3)CC2)cc1Cl. The Kier molecular flexibility index (Phi) is 11.4. The van der Waals surface area contributed by atoms with Gasteiger partial charge in [0.1, 0.15) is 17.9 Å². The molecule has 8 rings (SSSR count). The first-order valence-electron chi connectivity index (χ1n) is 20.1. The minimum Gasteiger partial charge on any atom is -0.490 e. The normalized spacial score (nSPS) is 22.2. The molecule has 4 fully saturated rings. The Hall–Kier alpha value is -5.45. The van der Waals surface area contributed by atoms with Crippen molar-refractivity contribution in [2.75, 3.05) is 55.6 Å². The number of imide groups is 1. The lowest BCUT2D eigenvalue weighted by molar-refractivity contribution is -0.136. The molecule has 1 saturated carbocycles. The van der Waals surface area contributed by atoms with Gasteiger partial charge in [-0.2, -0.15) is 10.4 Å². The van der Waals surface area contributed by atoms with Gasteiger partial charge >= 0.3 is 0 Å². The van der Waals surface area contributed by atoms with Crippen LogP contribution >= 0.6 is 11.6 Å². The van der Waals surface area contributed by atoms with E-state index in [4.69, 9.17) is 21.6 Å². The molecule has 0 unspecified atom stereocenters. The number of nitrogens with one attached hydrogen (secondary N) is 2. The number of piperidine rings is 2. The zero-order chi connectivity index (χ0) is 39.5. The molecule has 3 aliphatic heterocycles. The topological polar surface area (TPSA) is 153 Å². The summed E-state index contributed by atoms with van der Waals surface area (Å²) in [5.74, 6) is 0.448. The van der Waals surface area contributed by atoms with Gasteiger partial charge in [-0.1, -0.05) is 11.6 Å². The molecule has 0 spiro atoms. The average molecular weight is 791 g/mol. The van der Waals surface area contributed by atoms with Crippen molar-refractivity contribution in [2.24, 2.45) is 5.92 Å². The van der Waals surface area contributed by atoms with Crippen LogP contribution in [0.2, 0.25) is 5.02 Å². The van der Waals surface area contributed by atoms with Crippen LogP contribution in [0.5, 0.6) is 5.75 Å². The molecular weight excluding hydrogens is 744 g/mol. The number of ether oxygens (including phenoxy) is 1. The Morgan fingerprint density at radius 3 is 2.28 bits per heavy atom. The number of anilines is 2. The van der Waals surface area contributed by atoms with E-state index in [0.717, 1.165) is 101 Å². The second-order valence-corrected chi connectivity index (χ2v) is 16.1. The molecule has 4 aromatic rings. The summed E-state index contributed by atoms with van der Waals surface area (Å²) in [4.78, 5) is 57.6. The van der Waals surface area contributed by atoms with Gasteiger partial charge in [0.25, 0.3) is 17.4 Å². The van der Waals surface area contributed by atoms with Gasteiger partial charge < -0.3 is 19.9 Å². The number of aromatic nitrogens is 2. The number of fused-ring (bicyclic) bond motifs is 1. The fourth-order valence-electron chi connectivity index (χ4n) is 8.68. The van der Waals surface area contributed by atoms with Gasteiger partial charge in [0.05, 0.1) is 28.3 Å². The van der Waals surface area contributed by atoms with E-state index in [1.165, 1.54) is 4.68 Å². The summed E-state index contributed by atoms with van der Waals surface area (Å²) in [6, 6.07) is 20.3. The maximum absolute atomic E-state index is 13.2. The van der Waals surface area contributed by atoms with Gasteiger partial charge in [-0.15, -0.1) is 0 Å². The molecule has 2 N–H and O–H groups in total. The van der Waals surface area contributed by atoms with Crippen LogP contribution in [-0.4, -0.2) is 90.4 Å². The molecule has 0 radical (unpaired) electrons. The summed E-state index contributed by atoms with van der Waals surface area (Å²) < 4.78 is 7.31. The lowest BCUT2D eigenvalue weighted by Crippen LogP contribution is -2.49. The van der Waals surface area contributed by atoms with E-state index in [2.05, 4.69) is 48.6 Å². The lowest BCUT2D eigenvalue weighted by Gasteiger charge is -2.40. The number of nitrogens with zero attached hydrogens (tertiary/aromatic N) is 6. The largest absolute Gasteiger partial charge is 0.490 e. The van der Waals surface area contributed by atoms with Gasteiger partial charge in [0.15, 0.2) is 0 Å². The number of nitriles is 1. The van der Waals surface area contributed by atoms with Gasteiger partial charge in [0.2, 0.25) is 5.91 Å². The number of amides is 3. The molecule has 1 atom stereocenters. The number of halogens is 1. The fourth-order valence-corrected chi connectivity index (χ4v) is 8.90. The highest BCUT2D eigenvalue weighted by Gasteiger charge is 2.31. The summed E-state index contributed by atoms with van der Waals surface area (Å²) in [7, 11) is 0. The van der Waals surface area contributed by atoms with Crippen molar-refractivity contribution in [3.8, 4) is 11.8 Å². The highest BCUT2D eigenvalue weighted by molar-refractivity contribution is 6.31. The monoisotopic (exact) mass is 790 g/mol. The van der Waals surface area contributed by atoms with E-state index in [0.29, 0.717) is 33.2 Å². The van der Waals surface area contributed by atoms with E-state index in [9.17, 15) is 19.2 Å². The third-order valence-electron chi connectivity index (χ3n) is 12.0.